The van der Waals surface area contributed by atoms with Crippen molar-refractivity contribution in [3.05, 3.63) is 57.8 Å². The molecule has 0 saturated heterocycles. The van der Waals surface area contributed by atoms with Gasteiger partial charge in [0.25, 0.3) is 0 Å². The van der Waals surface area contributed by atoms with E-state index in [1.807, 2.05) is 12.1 Å². The predicted octanol–water partition coefficient (Wildman–Crippen LogP) is 5.07. The number of anilines is 1. The average molecular weight is 312 g/mol. The van der Waals surface area contributed by atoms with Crippen LogP contribution < -0.4 is 10.1 Å². The Morgan fingerprint density at radius 2 is 2.05 bits per heavy atom. The summed E-state index contributed by atoms with van der Waals surface area (Å²) in [7, 11) is 0. The Morgan fingerprint density at radius 3 is 2.85 bits per heavy atom. The Bertz CT molecular complexity index is 648. The third kappa shape index (κ3) is 2.69. The molecule has 0 bridgehead atoms. The summed E-state index contributed by atoms with van der Waals surface area (Å²) in [4.78, 5) is 0. The number of benzene rings is 2. The van der Waals surface area contributed by atoms with Crippen LogP contribution in [-0.2, 0) is 0 Å². The Balaban J connectivity index is 1.94. The first-order valence-electron chi connectivity index (χ1n) is 6.27. The van der Waals surface area contributed by atoms with Crippen LogP contribution in [0.1, 0.15) is 18.0 Å². The third-order valence-corrected chi connectivity index (χ3v) is 3.73. The zero-order valence-electron chi connectivity index (χ0n) is 10.5. The van der Waals surface area contributed by atoms with Crippen LogP contribution in [0.5, 0.6) is 5.75 Å². The summed E-state index contributed by atoms with van der Waals surface area (Å²) in [5, 5.41) is 4.35. The highest BCUT2D eigenvalue weighted by atomic mass is 35.5. The second-order valence-electron chi connectivity index (χ2n) is 4.65. The molecular formula is C15H12Cl2FNO. The minimum Gasteiger partial charge on any atom is -0.492 e. The van der Waals surface area contributed by atoms with Gasteiger partial charge in [0.15, 0.2) is 0 Å². The zero-order chi connectivity index (χ0) is 14.1. The molecule has 0 radical (unpaired) electrons. The Labute approximate surface area is 126 Å². The maximum absolute atomic E-state index is 13.2. The zero-order valence-corrected chi connectivity index (χ0v) is 12.0. The second kappa shape index (κ2) is 5.51. The van der Waals surface area contributed by atoms with Gasteiger partial charge in [-0.2, -0.15) is 0 Å². The number of rotatable bonds is 2. The summed E-state index contributed by atoms with van der Waals surface area (Å²) in [6.07, 6.45) is 0.764. The van der Waals surface area contributed by atoms with Gasteiger partial charge >= 0.3 is 0 Å². The smallest absolute Gasteiger partial charge is 0.143 e. The van der Waals surface area contributed by atoms with E-state index in [0.29, 0.717) is 22.4 Å². The van der Waals surface area contributed by atoms with Gasteiger partial charge in [-0.05, 0) is 30.3 Å². The van der Waals surface area contributed by atoms with Gasteiger partial charge in [0.2, 0.25) is 0 Å². The second-order valence-corrected chi connectivity index (χ2v) is 5.49. The van der Waals surface area contributed by atoms with Gasteiger partial charge in [-0.25, -0.2) is 4.39 Å². The normalized spacial score (nSPS) is 17.2. The van der Waals surface area contributed by atoms with Crippen LogP contribution in [0.25, 0.3) is 0 Å². The summed E-state index contributed by atoms with van der Waals surface area (Å²) in [6.45, 7) is 0.557. The van der Waals surface area contributed by atoms with E-state index in [9.17, 15) is 4.39 Å². The van der Waals surface area contributed by atoms with Crippen LogP contribution >= 0.6 is 23.2 Å². The fraction of sp³-hybridized carbons (Fsp3) is 0.200. The van der Waals surface area contributed by atoms with E-state index in [1.54, 1.807) is 12.1 Å². The lowest BCUT2D eigenvalue weighted by Crippen LogP contribution is -2.20. The highest BCUT2D eigenvalue weighted by Crippen LogP contribution is 2.41. The number of hydrogen-bond acceptors (Lipinski definition) is 2. The minimum atomic E-state index is -0.272. The molecule has 20 heavy (non-hydrogen) atoms. The van der Waals surface area contributed by atoms with Crippen LogP contribution in [0.2, 0.25) is 10.0 Å². The summed E-state index contributed by atoms with van der Waals surface area (Å²) in [5.41, 5.74) is 1.62. The molecule has 1 N–H and O–H groups in total. The van der Waals surface area contributed by atoms with E-state index in [2.05, 4.69) is 5.32 Å². The lowest BCUT2D eigenvalue weighted by molar-refractivity contribution is 0.274. The van der Waals surface area contributed by atoms with Crippen LogP contribution in [0, 0.1) is 5.82 Å². The van der Waals surface area contributed by atoms with Crippen molar-refractivity contribution < 1.29 is 9.13 Å². The van der Waals surface area contributed by atoms with Crippen LogP contribution in [0.3, 0.4) is 0 Å². The lowest BCUT2D eigenvalue weighted by atomic mass is 10.00. The Hall–Kier alpha value is -1.45. The SMILES string of the molecule is Fc1cccc(NC2CCOc3c(Cl)cc(Cl)cc32)c1. The predicted molar refractivity (Wildman–Crippen MR) is 79.3 cm³/mol. The monoisotopic (exact) mass is 311 g/mol. The molecule has 2 nitrogen and oxygen atoms in total. The fourth-order valence-electron chi connectivity index (χ4n) is 2.36. The van der Waals surface area contributed by atoms with Gasteiger partial charge in [-0.1, -0.05) is 29.3 Å². The van der Waals surface area contributed by atoms with E-state index in [0.717, 1.165) is 17.7 Å². The topological polar surface area (TPSA) is 21.3 Å². The molecule has 2 aromatic rings. The van der Waals surface area contributed by atoms with Crippen molar-refractivity contribution in [3.8, 4) is 5.75 Å². The molecule has 1 unspecified atom stereocenters. The largest absolute Gasteiger partial charge is 0.492 e. The van der Waals surface area contributed by atoms with Crippen molar-refractivity contribution in [1.29, 1.82) is 0 Å². The lowest BCUT2D eigenvalue weighted by Gasteiger charge is -2.28. The first-order chi connectivity index (χ1) is 9.63. The van der Waals surface area contributed by atoms with Crippen molar-refractivity contribution >= 4 is 28.9 Å². The molecule has 1 heterocycles. The molecule has 3 rings (SSSR count). The molecule has 0 aliphatic carbocycles. The maximum atomic E-state index is 13.2. The van der Waals surface area contributed by atoms with Gasteiger partial charge in [0.05, 0.1) is 17.7 Å². The molecule has 104 valence electrons. The molecule has 1 aliphatic heterocycles. The van der Waals surface area contributed by atoms with Gasteiger partial charge in [-0.3, -0.25) is 0 Å². The average Bonchev–Trinajstić information content (AvgIpc) is 2.40. The number of hydrogen-bond donors (Lipinski definition) is 1. The Morgan fingerprint density at radius 1 is 1.20 bits per heavy atom. The van der Waals surface area contributed by atoms with Crippen molar-refractivity contribution in [2.75, 3.05) is 11.9 Å². The van der Waals surface area contributed by atoms with Gasteiger partial charge in [-0.15, -0.1) is 0 Å². The van der Waals surface area contributed by atoms with Crippen molar-refractivity contribution in [1.82, 2.24) is 0 Å². The highest BCUT2D eigenvalue weighted by molar-refractivity contribution is 6.35. The van der Waals surface area contributed by atoms with E-state index in [-0.39, 0.29) is 11.9 Å². The van der Waals surface area contributed by atoms with Crippen LogP contribution in [0.4, 0.5) is 10.1 Å². The van der Waals surface area contributed by atoms with Crippen LogP contribution in [-0.4, -0.2) is 6.61 Å². The van der Waals surface area contributed by atoms with E-state index in [4.69, 9.17) is 27.9 Å². The van der Waals surface area contributed by atoms with Crippen molar-refractivity contribution in [3.63, 3.8) is 0 Å². The standard InChI is InChI=1S/C15H12Cl2FNO/c16-9-6-12-14(4-5-20-15(12)13(17)7-9)19-11-3-1-2-10(18)8-11/h1-3,6-8,14,19H,4-5H2. The van der Waals surface area contributed by atoms with Crippen molar-refractivity contribution in [2.45, 2.75) is 12.5 Å². The fourth-order valence-corrected chi connectivity index (χ4v) is 2.92. The maximum Gasteiger partial charge on any atom is 0.143 e. The van der Waals surface area contributed by atoms with Gasteiger partial charge in [0, 0.05) is 22.7 Å². The molecule has 0 fully saturated rings. The summed E-state index contributed by atoms with van der Waals surface area (Å²) in [5.74, 6) is 0.377. The Kier molecular flexibility index (Phi) is 3.72. The molecule has 0 spiro atoms. The number of nitrogens with one attached hydrogen (secondary N) is 1. The van der Waals surface area contributed by atoms with Crippen molar-refractivity contribution in [2.24, 2.45) is 0 Å². The molecule has 1 aliphatic rings. The molecule has 0 amide bonds. The number of ether oxygens (including phenoxy) is 1. The molecule has 1 atom stereocenters. The molecular weight excluding hydrogens is 300 g/mol. The van der Waals surface area contributed by atoms with Gasteiger partial charge in [0.1, 0.15) is 11.6 Å². The minimum absolute atomic E-state index is 0.00301. The summed E-state index contributed by atoms with van der Waals surface area (Å²) in [6, 6.07) is 9.85. The first kappa shape index (κ1) is 13.5. The quantitative estimate of drug-likeness (QED) is 0.836. The molecule has 2 aromatic carbocycles. The van der Waals surface area contributed by atoms with E-state index >= 15 is 0 Å². The van der Waals surface area contributed by atoms with Gasteiger partial charge < -0.3 is 10.1 Å². The summed E-state index contributed by atoms with van der Waals surface area (Å²) >= 11 is 12.2. The highest BCUT2D eigenvalue weighted by Gasteiger charge is 2.24. The first-order valence-corrected chi connectivity index (χ1v) is 7.03. The van der Waals surface area contributed by atoms with Crippen LogP contribution in [0.15, 0.2) is 36.4 Å². The third-order valence-electron chi connectivity index (χ3n) is 3.23. The van der Waals surface area contributed by atoms with E-state index < -0.39 is 0 Å². The molecule has 0 aromatic heterocycles. The summed E-state index contributed by atoms with van der Waals surface area (Å²) < 4.78 is 18.8. The molecule has 0 saturated carbocycles. The van der Waals surface area contributed by atoms with E-state index in [1.165, 1.54) is 12.1 Å². The number of halogens is 3. The molecule has 5 heteroatoms. The number of fused-ring (bicyclic) bond motifs is 1.